The van der Waals surface area contributed by atoms with Crippen molar-refractivity contribution in [2.45, 2.75) is 83.7 Å². The van der Waals surface area contributed by atoms with E-state index in [4.69, 9.17) is 4.65 Å². The van der Waals surface area contributed by atoms with Crippen molar-refractivity contribution in [3.05, 3.63) is 125 Å². The molecule has 232 valence electrons. The third kappa shape index (κ3) is 3.98. The molecule has 3 heteroatoms. The van der Waals surface area contributed by atoms with Crippen LogP contribution in [0.4, 0.5) is 0 Å². The van der Waals surface area contributed by atoms with E-state index in [1.54, 1.807) is 0 Å². The molecule has 0 amide bonds. The molecule has 0 spiro atoms. The molecule has 3 aliphatic rings. The number of fused-ring (bicyclic) bond motifs is 10. The van der Waals surface area contributed by atoms with E-state index in [1.807, 2.05) is 0 Å². The van der Waals surface area contributed by atoms with E-state index in [1.165, 1.54) is 55.1 Å². The number of benzene rings is 5. The van der Waals surface area contributed by atoms with Crippen LogP contribution in [0.2, 0.25) is 0 Å². The summed E-state index contributed by atoms with van der Waals surface area (Å²) in [5, 5.41) is 16.6. The van der Waals surface area contributed by atoms with Crippen molar-refractivity contribution in [1.29, 1.82) is 0 Å². The predicted molar refractivity (Wildman–Crippen MR) is 194 cm³/mol. The monoisotopic (exact) mass is 604 g/mol. The molecular weight excluding hydrogens is 559 g/mol. The fourth-order valence-electron chi connectivity index (χ4n) is 9.19. The van der Waals surface area contributed by atoms with Crippen LogP contribution in [0.25, 0.3) is 32.7 Å². The summed E-state index contributed by atoms with van der Waals surface area (Å²) in [5.41, 5.74) is 9.89. The molecule has 3 atom stereocenters. The highest BCUT2D eigenvalue weighted by Crippen LogP contribution is 2.62. The summed E-state index contributed by atoms with van der Waals surface area (Å²) in [6.45, 7) is 18.0. The minimum absolute atomic E-state index is 0.0685. The molecule has 0 aliphatic heterocycles. The summed E-state index contributed by atoms with van der Waals surface area (Å²) in [5.74, 6) is 1.50. The molecule has 2 nitrogen and oxygen atoms in total. The van der Waals surface area contributed by atoms with Gasteiger partial charge in [0.15, 0.2) is 0 Å². The molecule has 2 unspecified atom stereocenters. The van der Waals surface area contributed by atoms with Crippen LogP contribution >= 0.6 is 0 Å². The molecule has 0 saturated heterocycles. The Bertz CT molecular complexity index is 2080. The van der Waals surface area contributed by atoms with Crippen LogP contribution in [0, 0.1) is 11.8 Å². The Morgan fingerprint density at radius 2 is 1.20 bits per heavy atom. The highest BCUT2D eigenvalue weighted by Gasteiger charge is 2.51. The first-order chi connectivity index (χ1) is 21.8. The molecule has 46 heavy (non-hydrogen) atoms. The lowest BCUT2D eigenvalue weighted by atomic mass is 9.68. The van der Waals surface area contributed by atoms with Crippen molar-refractivity contribution in [3.63, 3.8) is 0 Å². The Morgan fingerprint density at radius 1 is 0.674 bits per heavy atom. The van der Waals surface area contributed by atoms with Gasteiger partial charge in [-0.25, -0.2) is 0 Å². The largest absolute Gasteiger partial charge is 0.492 e. The molecule has 3 aliphatic carbocycles. The van der Waals surface area contributed by atoms with Crippen molar-refractivity contribution < 1.29 is 9.68 Å². The maximum absolute atomic E-state index is 11.7. The maximum atomic E-state index is 11.7. The average Bonchev–Trinajstić information content (AvgIpc) is 3.64. The van der Waals surface area contributed by atoms with Crippen molar-refractivity contribution >= 4 is 34.1 Å². The summed E-state index contributed by atoms with van der Waals surface area (Å²) >= 11 is 0. The standard InChI is InChI=1S/C43H45BO2/c1-25(2)43(7,8)46-44(45)37-24-36-39(30-19-12-10-17-28(30)37)38-29-18-11-9-15-26(29)33(23-35(38)41(36,3)4)32-22-21-31-27-16-13-14-20-34(27)42(5,6)40(31)32/h9-25,31-32,40,45H,1-8H3/t31?,32?,40-/m0/s1. The van der Waals surface area contributed by atoms with Crippen LogP contribution in [-0.2, 0) is 15.5 Å². The van der Waals surface area contributed by atoms with Crippen molar-refractivity contribution in [2.75, 3.05) is 0 Å². The summed E-state index contributed by atoms with van der Waals surface area (Å²) in [6, 6.07) is 31.5. The summed E-state index contributed by atoms with van der Waals surface area (Å²) < 4.78 is 6.39. The number of rotatable bonds is 5. The lowest BCUT2D eigenvalue weighted by Crippen LogP contribution is -2.45. The fourth-order valence-corrected chi connectivity index (χ4v) is 9.19. The molecule has 0 fully saturated rings. The van der Waals surface area contributed by atoms with E-state index in [-0.39, 0.29) is 16.7 Å². The molecule has 0 bridgehead atoms. The maximum Gasteiger partial charge on any atom is 0.492 e. The minimum Gasteiger partial charge on any atom is -0.423 e. The van der Waals surface area contributed by atoms with Gasteiger partial charge in [0, 0.05) is 17.3 Å². The first-order valence-corrected chi connectivity index (χ1v) is 17.1. The molecule has 0 saturated carbocycles. The Balaban J connectivity index is 1.34. The Kier molecular flexibility index (Phi) is 6.41. The third-order valence-electron chi connectivity index (χ3n) is 12.3. The molecule has 5 aromatic carbocycles. The van der Waals surface area contributed by atoms with E-state index in [0.29, 0.717) is 17.8 Å². The molecular formula is C43H45BO2. The van der Waals surface area contributed by atoms with E-state index >= 15 is 0 Å². The van der Waals surface area contributed by atoms with Crippen molar-refractivity contribution in [2.24, 2.45) is 11.8 Å². The zero-order chi connectivity index (χ0) is 32.3. The van der Waals surface area contributed by atoms with Gasteiger partial charge in [0.1, 0.15) is 0 Å². The van der Waals surface area contributed by atoms with Crippen LogP contribution in [0.3, 0.4) is 0 Å². The van der Waals surface area contributed by atoms with E-state index < -0.39 is 12.7 Å². The van der Waals surface area contributed by atoms with E-state index in [0.717, 1.165) is 10.8 Å². The van der Waals surface area contributed by atoms with Gasteiger partial charge < -0.3 is 9.68 Å². The lowest BCUT2D eigenvalue weighted by molar-refractivity contribution is 0.0424. The lowest BCUT2D eigenvalue weighted by Gasteiger charge is -2.34. The first-order valence-electron chi connectivity index (χ1n) is 17.1. The Hall–Kier alpha value is -3.66. The molecule has 0 heterocycles. The van der Waals surface area contributed by atoms with E-state index in [2.05, 4.69) is 152 Å². The predicted octanol–water partition coefficient (Wildman–Crippen LogP) is 9.78. The molecule has 1 N–H and O–H groups in total. The van der Waals surface area contributed by atoms with Crippen LogP contribution in [0.15, 0.2) is 97.1 Å². The van der Waals surface area contributed by atoms with Crippen LogP contribution in [0.5, 0.6) is 0 Å². The number of allylic oxidation sites excluding steroid dienone is 2. The van der Waals surface area contributed by atoms with Gasteiger partial charge in [0.25, 0.3) is 0 Å². The number of hydrogen-bond donors (Lipinski definition) is 1. The van der Waals surface area contributed by atoms with Crippen molar-refractivity contribution in [3.8, 4) is 11.1 Å². The first kappa shape index (κ1) is 29.7. The zero-order valence-corrected chi connectivity index (χ0v) is 28.5. The fraction of sp³-hybridized carbons (Fsp3) is 0.349. The molecule has 5 aromatic rings. The number of hydrogen-bond acceptors (Lipinski definition) is 2. The smallest absolute Gasteiger partial charge is 0.423 e. The summed E-state index contributed by atoms with van der Waals surface area (Å²) in [6.07, 6.45) is 5.00. The Morgan fingerprint density at radius 3 is 1.85 bits per heavy atom. The van der Waals surface area contributed by atoms with Gasteiger partial charge in [0.2, 0.25) is 0 Å². The van der Waals surface area contributed by atoms with Gasteiger partial charge in [-0.1, -0.05) is 139 Å². The Labute approximate surface area is 274 Å². The quantitative estimate of drug-likeness (QED) is 0.160. The highest BCUT2D eigenvalue weighted by atomic mass is 16.5. The van der Waals surface area contributed by atoms with Gasteiger partial charge >= 0.3 is 7.12 Å². The van der Waals surface area contributed by atoms with Gasteiger partial charge in [-0.2, -0.15) is 0 Å². The SMILES string of the molecule is CC(C)C(C)(C)OB(O)c1cc2c(c3ccccc13)-c1c(cc(C3C=CC4c5ccccc5C(C)(C)[C@@H]43)c3ccccc13)C2(C)C. The van der Waals surface area contributed by atoms with Crippen molar-refractivity contribution in [1.82, 2.24) is 0 Å². The summed E-state index contributed by atoms with van der Waals surface area (Å²) in [4.78, 5) is 0. The third-order valence-corrected chi connectivity index (χ3v) is 12.3. The zero-order valence-electron chi connectivity index (χ0n) is 28.5. The average molecular weight is 605 g/mol. The normalized spacial score (nSPS) is 21.9. The second-order valence-corrected chi connectivity index (χ2v) is 16.0. The second kappa shape index (κ2) is 9.92. The van der Waals surface area contributed by atoms with Gasteiger partial charge in [-0.3, -0.25) is 0 Å². The molecule has 0 radical (unpaired) electrons. The molecule has 0 aromatic heterocycles. The molecule has 8 rings (SSSR count). The topological polar surface area (TPSA) is 29.5 Å². The van der Waals surface area contributed by atoms with Gasteiger partial charge in [-0.15, -0.1) is 0 Å². The van der Waals surface area contributed by atoms with Gasteiger partial charge in [0.05, 0.1) is 5.60 Å². The minimum atomic E-state index is -1.02. The van der Waals surface area contributed by atoms with E-state index in [9.17, 15) is 5.02 Å². The highest BCUT2D eigenvalue weighted by molar-refractivity contribution is 6.63. The van der Waals surface area contributed by atoms with Gasteiger partial charge in [-0.05, 0) is 97.1 Å². The summed E-state index contributed by atoms with van der Waals surface area (Å²) in [7, 11) is -1.02. The second-order valence-electron chi connectivity index (χ2n) is 16.0. The van der Waals surface area contributed by atoms with Crippen LogP contribution in [0.1, 0.15) is 95.0 Å². The van der Waals surface area contributed by atoms with Crippen LogP contribution in [-0.4, -0.2) is 17.7 Å². The van der Waals surface area contributed by atoms with Crippen LogP contribution < -0.4 is 5.46 Å².